The van der Waals surface area contributed by atoms with Crippen LogP contribution in [0.25, 0.3) is 10.4 Å². The van der Waals surface area contributed by atoms with E-state index in [9.17, 15) is 0 Å². The lowest BCUT2D eigenvalue weighted by Crippen LogP contribution is -1.65. The Bertz CT molecular complexity index is 65.3. The average Bonchev–Trinajstić information content (AvgIpc) is 2.08. The smallest absolute Gasteiger partial charge is 0.0255 e. The molecule has 0 aliphatic carbocycles. The van der Waals surface area contributed by atoms with E-state index >= 15 is 0 Å². The molecule has 0 aliphatic rings. The highest BCUT2D eigenvalue weighted by molar-refractivity contribution is 4.40. The molecular weight excluding hydrogens is 126 g/mol. The third kappa shape index (κ3) is 54.5. The van der Waals surface area contributed by atoms with Crippen molar-refractivity contribution in [1.82, 2.24) is 0 Å². The van der Waals surface area contributed by atoms with Crippen LogP contribution >= 0.6 is 0 Å². The van der Waals surface area contributed by atoms with Gasteiger partial charge >= 0.3 is 0 Å². The van der Waals surface area contributed by atoms with Gasteiger partial charge in [-0.2, -0.15) is 0 Å². The van der Waals surface area contributed by atoms with Gasteiger partial charge in [-0.15, -0.1) is 0 Å². The summed E-state index contributed by atoms with van der Waals surface area (Å²) in [5, 5.41) is 3.27. The number of rotatable bonds is 2. The van der Waals surface area contributed by atoms with E-state index in [1.54, 1.807) is 0 Å². The number of hydrogen-bond donors (Lipinski definition) is 0. The zero-order valence-corrected chi connectivity index (χ0v) is 7.76. The Labute approximate surface area is 64.1 Å². The fourth-order valence-corrected chi connectivity index (χ4v) is 0.145. The Morgan fingerprint density at radius 2 is 1.60 bits per heavy atom. The molecule has 62 valence electrons. The molecule has 3 nitrogen and oxygen atoms in total. The summed E-state index contributed by atoms with van der Waals surface area (Å²) in [6.07, 6.45) is 0.935. The first kappa shape index (κ1) is 16.1. The van der Waals surface area contributed by atoms with Gasteiger partial charge in [0, 0.05) is 11.5 Å². The lowest BCUT2D eigenvalue weighted by molar-refractivity contribution is 0.922. The van der Waals surface area contributed by atoms with E-state index in [0.717, 1.165) is 6.42 Å². The van der Waals surface area contributed by atoms with Crippen molar-refractivity contribution in [3.63, 3.8) is 0 Å². The summed E-state index contributed by atoms with van der Waals surface area (Å²) in [4.78, 5) is 2.55. The molecule has 0 rings (SSSR count). The molecule has 0 aliphatic heterocycles. The van der Waals surface area contributed by atoms with Crippen molar-refractivity contribution in [2.45, 2.75) is 41.0 Å². The van der Waals surface area contributed by atoms with Crippen molar-refractivity contribution in [3.05, 3.63) is 10.4 Å². The largest absolute Gasteiger partial charge is 0.0940 e. The quantitative estimate of drug-likeness (QED) is 0.323. The van der Waals surface area contributed by atoms with Gasteiger partial charge in [0.1, 0.15) is 0 Å². The van der Waals surface area contributed by atoms with Gasteiger partial charge in [0.15, 0.2) is 0 Å². The minimum absolute atomic E-state index is 0.622. The van der Waals surface area contributed by atoms with Gasteiger partial charge in [0.05, 0.1) is 0 Å². The summed E-state index contributed by atoms with van der Waals surface area (Å²) >= 11 is 0. The summed E-state index contributed by atoms with van der Waals surface area (Å²) in [5.74, 6) is 0. The summed E-state index contributed by atoms with van der Waals surface area (Å²) in [5.41, 5.74) is 7.66. The Morgan fingerprint density at radius 1 is 1.20 bits per heavy atom. The third-order valence-corrected chi connectivity index (χ3v) is 0.387. The molecule has 0 N–H and O–H groups in total. The Kier molecular flexibility index (Phi) is 65.4. The average molecular weight is 145 g/mol. The van der Waals surface area contributed by atoms with E-state index in [0.29, 0.717) is 6.54 Å². The molecule has 0 spiro atoms. The molecule has 0 unspecified atom stereocenters. The predicted molar refractivity (Wildman–Crippen MR) is 47.0 cm³/mol. The standard InChI is InChI=1S/C3H7N3.2C2H6/c1-2-3-5-6-4;2*1-2/h2-3H2,1H3;2*1-2H3. The molecule has 0 heterocycles. The predicted octanol–water partition coefficient (Wildman–Crippen LogP) is 3.76. The first-order valence-electron chi connectivity index (χ1n) is 3.92. The summed E-state index contributed by atoms with van der Waals surface area (Å²) in [6, 6.07) is 0. The Morgan fingerprint density at radius 3 is 1.70 bits per heavy atom. The minimum atomic E-state index is 0.622. The second kappa shape index (κ2) is 40.5. The fraction of sp³-hybridized carbons (Fsp3) is 1.00. The first-order valence-corrected chi connectivity index (χ1v) is 3.92. The maximum Gasteiger partial charge on any atom is 0.0255 e. The second-order valence-corrected chi connectivity index (χ2v) is 0.954. The van der Waals surface area contributed by atoms with Gasteiger partial charge < -0.3 is 0 Å². The van der Waals surface area contributed by atoms with E-state index in [-0.39, 0.29) is 0 Å². The van der Waals surface area contributed by atoms with Crippen LogP contribution in [0.4, 0.5) is 0 Å². The highest BCUT2D eigenvalue weighted by atomic mass is 15.1. The normalized spacial score (nSPS) is 5.30. The van der Waals surface area contributed by atoms with Gasteiger partial charge in [-0.05, 0) is 5.53 Å². The van der Waals surface area contributed by atoms with E-state index in [4.69, 9.17) is 5.53 Å². The minimum Gasteiger partial charge on any atom is -0.0940 e. The SMILES string of the molecule is CC.CC.CCCN=[N+]=[N-]. The van der Waals surface area contributed by atoms with Crippen molar-refractivity contribution < 1.29 is 0 Å². The van der Waals surface area contributed by atoms with Crippen molar-refractivity contribution >= 4 is 0 Å². The van der Waals surface area contributed by atoms with Crippen LogP contribution in [0, 0.1) is 0 Å². The van der Waals surface area contributed by atoms with E-state index < -0.39 is 0 Å². The molecule has 0 radical (unpaired) electrons. The molecule has 0 bridgehead atoms. The molecule has 0 saturated carbocycles. The third-order valence-electron chi connectivity index (χ3n) is 0.387. The Balaban J connectivity index is -0.000000105. The summed E-state index contributed by atoms with van der Waals surface area (Å²) < 4.78 is 0. The van der Waals surface area contributed by atoms with Crippen LogP contribution in [-0.4, -0.2) is 6.54 Å². The highest BCUT2D eigenvalue weighted by Gasteiger charge is 1.65. The van der Waals surface area contributed by atoms with Gasteiger partial charge in [0.25, 0.3) is 0 Å². The maximum absolute atomic E-state index is 7.66. The Hall–Kier alpha value is -0.690. The summed E-state index contributed by atoms with van der Waals surface area (Å²) in [6.45, 7) is 10.6. The van der Waals surface area contributed by atoms with Gasteiger partial charge in [-0.25, -0.2) is 0 Å². The molecule has 0 aromatic rings. The second-order valence-electron chi connectivity index (χ2n) is 0.954. The van der Waals surface area contributed by atoms with E-state index in [1.807, 2.05) is 34.6 Å². The van der Waals surface area contributed by atoms with Crippen molar-refractivity contribution in [3.8, 4) is 0 Å². The number of nitrogens with zero attached hydrogens (tertiary/aromatic N) is 3. The monoisotopic (exact) mass is 145 g/mol. The number of hydrogen-bond acceptors (Lipinski definition) is 1. The summed E-state index contributed by atoms with van der Waals surface area (Å²) in [7, 11) is 0. The van der Waals surface area contributed by atoms with Gasteiger partial charge in [0.2, 0.25) is 0 Å². The molecule has 3 heteroatoms. The number of azide groups is 1. The van der Waals surface area contributed by atoms with Crippen LogP contribution < -0.4 is 0 Å². The first-order chi connectivity index (χ1) is 4.91. The fourth-order valence-electron chi connectivity index (χ4n) is 0.145. The zero-order valence-electron chi connectivity index (χ0n) is 7.76. The molecule has 0 aromatic heterocycles. The lowest BCUT2D eigenvalue weighted by Gasteiger charge is -1.71. The van der Waals surface area contributed by atoms with Crippen LogP contribution in [0.1, 0.15) is 41.0 Å². The highest BCUT2D eigenvalue weighted by Crippen LogP contribution is 1.74. The zero-order chi connectivity index (χ0) is 8.83. The van der Waals surface area contributed by atoms with Gasteiger partial charge in [-0.1, -0.05) is 46.2 Å². The van der Waals surface area contributed by atoms with Crippen LogP contribution in [0.5, 0.6) is 0 Å². The lowest BCUT2D eigenvalue weighted by atomic mass is 10.5. The van der Waals surface area contributed by atoms with E-state index in [1.165, 1.54) is 0 Å². The van der Waals surface area contributed by atoms with E-state index in [2.05, 4.69) is 10.0 Å². The van der Waals surface area contributed by atoms with Crippen molar-refractivity contribution in [2.24, 2.45) is 5.11 Å². The van der Waals surface area contributed by atoms with Crippen LogP contribution in [0.3, 0.4) is 0 Å². The van der Waals surface area contributed by atoms with Crippen molar-refractivity contribution in [2.75, 3.05) is 6.54 Å². The topological polar surface area (TPSA) is 48.8 Å². The van der Waals surface area contributed by atoms with Crippen LogP contribution in [0.15, 0.2) is 5.11 Å². The molecule has 0 aromatic carbocycles. The molecule has 0 saturated heterocycles. The maximum atomic E-state index is 7.66. The molecular formula is C7H19N3. The molecule has 0 atom stereocenters. The molecule has 0 fully saturated rings. The van der Waals surface area contributed by atoms with Crippen molar-refractivity contribution in [1.29, 1.82) is 0 Å². The van der Waals surface area contributed by atoms with Crippen LogP contribution in [-0.2, 0) is 0 Å². The van der Waals surface area contributed by atoms with Gasteiger partial charge in [-0.3, -0.25) is 0 Å². The molecule has 0 amide bonds. The molecule has 10 heavy (non-hydrogen) atoms. The van der Waals surface area contributed by atoms with Crippen LogP contribution in [0.2, 0.25) is 0 Å².